The van der Waals surface area contributed by atoms with Gasteiger partial charge in [0.2, 0.25) is 0 Å². The second kappa shape index (κ2) is 7.81. The largest absolute Gasteiger partial charge is 0.442 e. The number of anilines is 1. The van der Waals surface area contributed by atoms with E-state index in [1.54, 1.807) is 6.20 Å². The maximum atomic E-state index is 15.1. The Kier molecular flexibility index (Phi) is 4.82. The van der Waals surface area contributed by atoms with Crippen molar-refractivity contribution in [3.8, 4) is 17.2 Å². The Balaban J connectivity index is 1.26. The molecular weight excluding hydrogens is 461 g/mol. The summed E-state index contributed by atoms with van der Waals surface area (Å²) in [5.74, 6) is -2.48. The Labute approximate surface area is 197 Å². The number of aromatic nitrogens is 3. The molecule has 1 N–H and O–H groups in total. The summed E-state index contributed by atoms with van der Waals surface area (Å²) in [5.41, 5.74) is -1.04. The Bertz CT molecular complexity index is 1340. The maximum Gasteiger partial charge on any atom is 0.414 e. The molecule has 178 valence electrons. The first-order valence-corrected chi connectivity index (χ1v) is 11.2. The van der Waals surface area contributed by atoms with Crippen LogP contribution >= 0.6 is 0 Å². The molecule has 6 rings (SSSR count). The van der Waals surface area contributed by atoms with E-state index in [9.17, 15) is 10.1 Å². The Morgan fingerprint density at radius 3 is 2.51 bits per heavy atom. The molecule has 2 saturated heterocycles. The molecule has 8 nitrogen and oxygen atoms in total. The number of fused-ring (bicyclic) bond motifs is 1. The molecule has 35 heavy (non-hydrogen) atoms. The summed E-state index contributed by atoms with van der Waals surface area (Å²) in [7, 11) is 0. The zero-order chi connectivity index (χ0) is 24.3. The number of hydrogen-bond acceptors (Lipinski definition) is 6. The molecule has 1 saturated carbocycles. The highest BCUT2D eigenvalue weighted by molar-refractivity contribution is 5.90. The number of benzene rings is 2. The Morgan fingerprint density at radius 2 is 1.89 bits per heavy atom. The molecule has 11 heteroatoms. The number of piperidine rings is 1. The Hall–Kier alpha value is -3.91. The van der Waals surface area contributed by atoms with E-state index in [1.165, 1.54) is 23.0 Å². The van der Waals surface area contributed by atoms with E-state index in [1.807, 2.05) is 0 Å². The van der Waals surface area contributed by atoms with Gasteiger partial charge in [0, 0.05) is 36.7 Å². The van der Waals surface area contributed by atoms with Crippen LogP contribution in [0.5, 0.6) is 0 Å². The van der Waals surface area contributed by atoms with Crippen LogP contribution in [0.25, 0.3) is 11.1 Å². The van der Waals surface area contributed by atoms with Gasteiger partial charge in [-0.15, -0.1) is 5.10 Å². The molecule has 1 amide bonds. The van der Waals surface area contributed by atoms with Gasteiger partial charge in [-0.3, -0.25) is 4.90 Å². The summed E-state index contributed by atoms with van der Waals surface area (Å²) in [4.78, 5) is 13.5. The second-order valence-electron chi connectivity index (χ2n) is 9.07. The van der Waals surface area contributed by atoms with E-state index >= 15 is 13.2 Å². The molecule has 3 heterocycles. The normalized spacial score (nSPS) is 27.0. The third-order valence-electron chi connectivity index (χ3n) is 7.24. The molecule has 0 spiro atoms. The lowest BCUT2D eigenvalue weighted by Gasteiger charge is -2.17. The molecule has 0 bridgehead atoms. The summed E-state index contributed by atoms with van der Waals surface area (Å²) in [5, 5.41) is 20.4. The van der Waals surface area contributed by atoms with Gasteiger partial charge in [0.05, 0.1) is 42.0 Å². The number of carbonyl (C=O) groups is 1. The van der Waals surface area contributed by atoms with Crippen molar-refractivity contribution < 1.29 is 22.7 Å². The number of nitriles is 1. The summed E-state index contributed by atoms with van der Waals surface area (Å²) >= 11 is 0. The fourth-order valence-corrected chi connectivity index (χ4v) is 5.53. The maximum absolute atomic E-state index is 15.1. The second-order valence-corrected chi connectivity index (χ2v) is 9.07. The number of ether oxygens (including phenoxy) is 1. The number of halogens is 3. The number of rotatable bonds is 5. The fraction of sp³-hybridized carbons (Fsp3) is 0.333. The zero-order valence-electron chi connectivity index (χ0n) is 18.3. The van der Waals surface area contributed by atoms with Gasteiger partial charge < -0.3 is 10.1 Å². The van der Waals surface area contributed by atoms with Crippen LogP contribution in [0, 0.1) is 40.6 Å². The van der Waals surface area contributed by atoms with E-state index in [4.69, 9.17) is 4.74 Å². The van der Waals surface area contributed by atoms with E-state index in [-0.39, 0.29) is 41.7 Å². The number of nitrogens with one attached hydrogen (secondary N) is 1. The van der Waals surface area contributed by atoms with Crippen LogP contribution in [0.1, 0.15) is 5.56 Å². The smallest absolute Gasteiger partial charge is 0.414 e. The van der Waals surface area contributed by atoms with Gasteiger partial charge >= 0.3 is 6.09 Å². The van der Waals surface area contributed by atoms with Crippen molar-refractivity contribution in [2.45, 2.75) is 18.1 Å². The molecule has 3 aliphatic rings. The lowest BCUT2D eigenvalue weighted by atomic mass is 9.89. The summed E-state index contributed by atoms with van der Waals surface area (Å²) < 4.78 is 52.1. The minimum atomic E-state index is -0.942. The molecule has 1 aromatic heterocycles. The molecule has 3 fully saturated rings. The number of amides is 1. The summed E-state index contributed by atoms with van der Waals surface area (Å²) in [6.45, 7) is 1.61. The average Bonchev–Trinajstić information content (AvgIpc) is 3.35. The van der Waals surface area contributed by atoms with E-state index in [0.29, 0.717) is 13.1 Å². The lowest BCUT2D eigenvalue weighted by Crippen LogP contribution is -2.26. The molecular formula is C24H19F3N6O2. The SMILES string of the molecule is N#CC1(c2ccc(-c3c(F)cc(N4C[C@H](Cn5ccnn5)OC4=O)cc3F)cc2F)[C@@H]2CNC[C@@H]21. The predicted octanol–water partition coefficient (Wildman–Crippen LogP) is 3.00. The first-order valence-electron chi connectivity index (χ1n) is 11.2. The van der Waals surface area contributed by atoms with Crippen molar-refractivity contribution in [2.75, 3.05) is 24.5 Å². The monoisotopic (exact) mass is 480 g/mol. The molecule has 3 aromatic rings. The van der Waals surface area contributed by atoms with Crippen LogP contribution < -0.4 is 10.2 Å². The molecule has 2 aliphatic heterocycles. The summed E-state index contributed by atoms with van der Waals surface area (Å²) in [6.07, 6.45) is 1.80. The van der Waals surface area contributed by atoms with Crippen molar-refractivity contribution in [1.29, 1.82) is 5.26 Å². The molecule has 1 unspecified atom stereocenters. The zero-order valence-corrected chi connectivity index (χ0v) is 18.3. The average molecular weight is 480 g/mol. The van der Waals surface area contributed by atoms with Gasteiger partial charge in [-0.25, -0.2) is 22.6 Å². The van der Waals surface area contributed by atoms with Gasteiger partial charge in [0.1, 0.15) is 23.6 Å². The van der Waals surface area contributed by atoms with Crippen molar-refractivity contribution in [1.82, 2.24) is 20.3 Å². The third kappa shape index (κ3) is 3.28. The quantitative estimate of drug-likeness (QED) is 0.603. The van der Waals surface area contributed by atoms with Crippen molar-refractivity contribution in [3.63, 3.8) is 0 Å². The molecule has 2 aromatic carbocycles. The third-order valence-corrected chi connectivity index (χ3v) is 7.24. The van der Waals surface area contributed by atoms with Crippen LogP contribution in [0.15, 0.2) is 42.7 Å². The minimum Gasteiger partial charge on any atom is -0.442 e. The fourth-order valence-electron chi connectivity index (χ4n) is 5.53. The summed E-state index contributed by atoms with van der Waals surface area (Å²) in [6, 6.07) is 8.26. The number of nitrogens with zero attached hydrogens (tertiary/aromatic N) is 5. The predicted molar refractivity (Wildman–Crippen MR) is 117 cm³/mol. The van der Waals surface area contributed by atoms with Crippen LogP contribution in [-0.2, 0) is 16.7 Å². The highest BCUT2D eigenvalue weighted by atomic mass is 19.1. The number of hydrogen-bond donors (Lipinski definition) is 1. The van der Waals surface area contributed by atoms with E-state index in [0.717, 1.165) is 23.1 Å². The number of cyclic esters (lactones) is 1. The molecule has 0 radical (unpaired) electrons. The Morgan fingerprint density at radius 1 is 1.14 bits per heavy atom. The highest BCUT2D eigenvalue weighted by Gasteiger charge is 2.68. The first-order chi connectivity index (χ1) is 16.9. The number of carbonyl (C=O) groups excluding carboxylic acids is 1. The minimum absolute atomic E-state index is 0.00586. The van der Waals surface area contributed by atoms with E-state index in [2.05, 4.69) is 21.7 Å². The van der Waals surface area contributed by atoms with Crippen LogP contribution in [0.3, 0.4) is 0 Å². The van der Waals surface area contributed by atoms with Crippen molar-refractivity contribution in [3.05, 3.63) is 65.7 Å². The lowest BCUT2D eigenvalue weighted by molar-refractivity contribution is 0.129. The van der Waals surface area contributed by atoms with Gasteiger partial charge in [-0.05, 0) is 23.8 Å². The van der Waals surface area contributed by atoms with Gasteiger partial charge in [0.25, 0.3) is 0 Å². The first kappa shape index (κ1) is 21.6. The van der Waals surface area contributed by atoms with Gasteiger partial charge in [-0.2, -0.15) is 5.26 Å². The van der Waals surface area contributed by atoms with Crippen molar-refractivity contribution >= 4 is 11.8 Å². The topological polar surface area (TPSA) is 96.1 Å². The van der Waals surface area contributed by atoms with Crippen LogP contribution in [-0.4, -0.2) is 46.8 Å². The van der Waals surface area contributed by atoms with Crippen LogP contribution in [0.2, 0.25) is 0 Å². The standard InChI is InChI=1S/C24H19F3N6O2/c25-19-5-13(1-2-16(19)24(12-28)17-8-29-9-18(17)24)22-20(26)6-14(7-21(22)27)33-11-15(35-23(33)34)10-32-4-3-30-31-32/h1-7,15,17-18,29H,8-11H2/t15-,17-,18+,24?/m0/s1. The molecule has 4 atom stereocenters. The van der Waals surface area contributed by atoms with Crippen LogP contribution in [0.4, 0.5) is 23.7 Å². The molecule has 1 aliphatic carbocycles. The van der Waals surface area contributed by atoms with Gasteiger partial charge in [0.15, 0.2) is 0 Å². The van der Waals surface area contributed by atoms with Crippen molar-refractivity contribution in [2.24, 2.45) is 11.8 Å². The van der Waals surface area contributed by atoms with Gasteiger partial charge in [-0.1, -0.05) is 17.3 Å². The van der Waals surface area contributed by atoms with E-state index < -0.39 is 40.6 Å². The highest BCUT2D eigenvalue weighted by Crippen LogP contribution is 2.61.